The van der Waals surface area contributed by atoms with Crippen molar-refractivity contribution in [1.82, 2.24) is 0 Å². The molecule has 0 spiro atoms. The average Bonchev–Trinajstić information content (AvgIpc) is 1.88. The van der Waals surface area contributed by atoms with Crippen molar-refractivity contribution in [3.05, 3.63) is 29.2 Å². The predicted octanol–water partition coefficient (Wildman–Crippen LogP) is 0.670. The topological polar surface area (TPSA) is 39.0 Å². The van der Waals surface area contributed by atoms with Crippen LogP contribution in [0.5, 0.6) is 0 Å². The highest BCUT2D eigenvalue weighted by molar-refractivity contribution is 5.46. The molecule has 0 amide bonds. The summed E-state index contributed by atoms with van der Waals surface area (Å²) in [6.45, 7) is 1.89. The SMILES string of the molecule is CNc1cc[n+]([O-])cc1C. The highest BCUT2D eigenvalue weighted by Crippen LogP contribution is 2.08. The van der Waals surface area contributed by atoms with Crippen LogP contribution in [-0.4, -0.2) is 7.05 Å². The average molecular weight is 138 g/mol. The van der Waals surface area contributed by atoms with Gasteiger partial charge in [0.2, 0.25) is 0 Å². The zero-order chi connectivity index (χ0) is 7.56. The molecule has 0 aromatic carbocycles. The molecule has 0 saturated carbocycles. The van der Waals surface area contributed by atoms with Gasteiger partial charge >= 0.3 is 0 Å². The second kappa shape index (κ2) is 2.56. The van der Waals surface area contributed by atoms with Gasteiger partial charge in [-0.25, -0.2) is 0 Å². The lowest BCUT2D eigenvalue weighted by molar-refractivity contribution is -0.605. The smallest absolute Gasteiger partial charge is 0.185 e. The molecule has 0 aliphatic heterocycles. The van der Waals surface area contributed by atoms with Crippen LogP contribution in [0.15, 0.2) is 18.5 Å². The van der Waals surface area contributed by atoms with Gasteiger partial charge in [0.05, 0.1) is 0 Å². The van der Waals surface area contributed by atoms with E-state index in [2.05, 4.69) is 5.32 Å². The normalized spacial score (nSPS) is 9.40. The molecule has 1 heterocycles. The molecule has 0 aliphatic rings. The van der Waals surface area contributed by atoms with Crippen LogP contribution in [0.25, 0.3) is 0 Å². The van der Waals surface area contributed by atoms with E-state index in [1.165, 1.54) is 12.4 Å². The summed E-state index contributed by atoms with van der Waals surface area (Å²) < 4.78 is 0.788. The van der Waals surface area contributed by atoms with Gasteiger partial charge in [-0.3, -0.25) is 0 Å². The Balaban J connectivity index is 3.07. The van der Waals surface area contributed by atoms with Crippen LogP contribution in [0.1, 0.15) is 5.56 Å². The van der Waals surface area contributed by atoms with Gasteiger partial charge in [0.1, 0.15) is 0 Å². The number of aromatic nitrogens is 1. The second-order valence-corrected chi connectivity index (χ2v) is 2.15. The van der Waals surface area contributed by atoms with E-state index in [0.29, 0.717) is 0 Å². The molecule has 1 aromatic heterocycles. The Morgan fingerprint density at radius 1 is 1.60 bits per heavy atom. The van der Waals surface area contributed by atoms with Gasteiger partial charge in [0.15, 0.2) is 12.4 Å². The number of nitrogens with zero attached hydrogens (tertiary/aromatic N) is 1. The number of aryl methyl sites for hydroxylation is 1. The van der Waals surface area contributed by atoms with Crippen molar-refractivity contribution in [3.63, 3.8) is 0 Å². The Labute approximate surface area is 59.9 Å². The van der Waals surface area contributed by atoms with Gasteiger partial charge in [-0.1, -0.05) is 0 Å². The molecular formula is C7H10N2O. The van der Waals surface area contributed by atoms with Crippen LogP contribution in [0.4, 0.5) is 5.69 Å². The van der Waals surface area contributed by atoms with Crippen molar-refractivity contribution in [1.29, 1.82) is 0 Å². The molecule has 0 unspecified atom stereocenters. The number of nitrogens with one attached hydrogen (secondary N) is 1. The third-order valence-electron chi connectivity index (χ3n) is 1.40. The first-order valence-electron chi connectivity index (χ1n) is 3.11. The third-order valence-corrected chi connectivity index (χ3v) is 1.40. The summed E-state index contributed by atoms with van der Waals surface area (Å²) in [5.41, 5.74) is 1.95. The molecule has 1 N–H and O–H groups in total. The molecule has 0 fully saturated rings. The van der Waals surface area contributed by atoms with Crippen molar-refractivity contribution in [2.45, 2.75) is 6.92 Å². The maximum Gasteiger partial charge on any atom is 0.185 e. The molecule has 1 aromatic rings. The minimum Gasteiger partial charge on any atom is -0.619 e. The van der Waals surface area contributed by atoms with Gasteiger partial charge in [-0.05, 0) is 6.92 Å². The molecule has 0 saturated heterocycles. The van der Waals surface area contributed by atoms with Gasteiger partial charge in [0, 0.05) is 24.4 Å². The summed E-state index contributed by atoms with van der Waals surface area (Å²) in [5, 5.41) is 13.6. The molecule has 0 radical (unpaired) electrons. The van der Waals surface area contributed by atoms with Gasteiger partial charge in [0.25, 0.3) is 0 Å². The fraction of sp³-hybridized carbons (Fsp3) is 0.286. The monoisotopic (exact) mass is 138 g/mol. The maximum absolute atomic E-state index is 10.6. The fourth-order valence-electron chi connectivity index (χ4n) is 0.863. The van der Waals surface area contributed by atoms with Crippen LogP contribution < -0.4 is 10.0 Å². The highest BCUT2D eigenvalue weighted by atomic mass is 16.5. The van der Waals surface area contributed by atoms with E-state index in [0.717, 1.165) is 16.0 Å². The van der Waals surface area contributed by atoms with Gasteiger partial charge in [-0.2, -0.15) is 4.73 Å². The largest absolute Gasteiger partial charge is 0.619 e. The predicted molar refractivity (Wildman–Crippen MR) is 39.7 cm³/mol. The van der Waals surface area contributed by atoms with Crippen molar-refractivity contribution < 1.29 is 4.73 Å². The standard InChI is InChI=1S/C7H10N2O/c1-6-5-9(10)4-3-7(6)8-2/h3-5,8H,1-2H3. The molecule has 0 aliphatic carbocycles. The molecule has 0 bridgehead atoms. The Morgan fingerprint density at radius 3 is 2.80 bits per heavy atom. The first kappa shape index (κ1) is 6.86. The van der Waals surface area contributed by atoms with E-state index in [-0.39, 0.29) is 0 Å². The molecular weight excluding hydrogens is 128 g/mol. The van der Waals surface area contributed by atoms with Crippen molar-refractivity contribution >= 4 is 5.69 Å². The number of anilines is 1. The highest BCUT2D eigenvalue weighted by Gasteiger charge is 1.97. The van der Waals surface area contributed by atoms with Crippen LogP contribution in [-0.2, 0) is 0 Å². The zero-order valence-electron chi connectivity index (χ0n) is 6.09. The number of rotatable bonds is 1. The van der Waals surface area contributed by atoms with Crippen LogP contribution >= 0.6 is 0 Å². The first-order valence-corrected chi connectivity index (χ1v) is 3.11. The van der Waals surface area contributed by atoms with E-state index in [1.54, 1.807) is 6.07 Å². The Kier molecular flexibility index (Phi) is 1.76. The Hall–Kier alpha value is -1.25. The molecule has 0 atom stereocenters. The van der Waals surface area contributed by atoms with Crippen molar-refractivity contribution in [3.8, 4) is 0 Å². The quantitative estimate of drug-likeness (QED) is 0.457. The van der Waals surface area contributed by atoms with Crippen molar-refractivity contribution in [2.24, 2.45) is 0 Å². The van der Waals surface area contributed by atoms with Crippen molar-refractivity contribution in [2.75, 3.05) is 12.4 Å². The second-order valence-electron chi connectivity index (χ2n) is 2.15. The van der Waals surface area contributed by atoms with Crippen LogP contribution in [0, 0.1) is 12.1 Å². The zero-order valence-corrected chi connectivity index (χ0v) is 6.09. The molecule has 10 heavy (non-hydrogen) atoms. The molecule has 3 nitrogen and oxygen atoms in total. The maximum atomic E-state index is 10.6. The summed E-state index contributed by atoms with van der Waals surface area (Å²) in [4.78, 5) is 0. The Bertz CT molecular complexity index is 235. The van der Waals surface area contributed by atoms with E-state index < -0.39 is 0 Å². The molecule has 1 rings (SSSR count). The van der Waals surface area contributed by atoms with E-state index in [1.807, 2.05) is 14.0 Å². The lowest BCUT2D eigenvalue weighted by atomic mass is 10.3. The van der Waals surface area contributed by atoms with E-state index >= 15 is 0 Å². The molecule has 54 valence electrons. The number of pyridine rings is 1. The summed E-state index contributed by atoms with van der Waals surface area (Å²) >= 11 is 0. The van der Waals surface area contributed by atoms with Gasteiger partial charge < -0.3 is 10.5 Å². The minimum atomic E-state index is 0.788. The van der Waals surface area contributed by atoms with Gasteiger partial charge in [-0.15, -0.1) is 0 Å². The fourth-order valence-corrected chi connectivity index (χ4v) is 0.863. The van der Waals surface area contributed by atoms with Crippen LogP contribution in [0.3, 0.4) is 0 Å². The third kappa shape index (κ3) is 1.18. The summed E-state index contributed by atoms with van der Waals surface area (Å²) in [6, 6.07) is 1.75. The summed E-state index contributed by atoms with van der Waals surface area (Å²) in [5.74, 6) is 0. The minimum absolute atomic E-state index is 0.788. The number of hydrogen-bond acceptors (Lipinski definition) is 2. The van der Waals surface area contributed by atoms with E-state index in [4.69, 9.17) is 0 Å². The lowest BCUT2D eigenvalue weighted by Crippen LogP contribution is -2.24. The van der Waals surface area contributed by atoms with Crippen LogP contribution in [0.2, 0.25) is 0 Å². The summed E-state index contributed by atoms with van der Waals surface area (Å²) in [6.07, 6.45) is 3.00. The number of hydrogen-bond donors (Lipinski definition) is 1. The molecule has 3 heteroatoms. The van der Waals surface area contributed by atoms with E-state index in [9.17, 15) is 5.21 Å². The summed E-state index contributed by atoms with van der Waals surface area (Å²) in [7, 11) is 1.83. The first-order chi connectivity index (χ1) is 4.74. The lowest BCUT2D eigenvalue weighted by Gasteiger charge is -2.02. The Morgan fingerprint density at radius 2 is 2.30 bits per heavy atom.